The van der Waals surface area contributed by atoms with E-state index in [1.54, 1.807) is 0 Å². The minimum atomic E-state index is -1.18. The molecule has 0 saturated heterocycles. The van der Waals surface area contributed by atoms with Gasteiger partial charge in [-0.1, -0.05) is 108 Å². The minimum absolute atomic E-state index is 0.0210. The molecule has 0 saturated carbocycles. The predicted octanol–water partition coefficient (Wildman–Crippen LogP) is 4.84. The molecular weight excluding hydrogens is 776 g/mol. The molecule has 0 aliphatic rings. The maximum atomic E-state index is 12.3. The van der Waals surface area contributed by atoms with Crippen molar-refractivity contribution < 1.29 is 57.9 Å². The highest BCUT2D eigenvalue weighted by atomic mass is 16.5. The van der Waals surface area contributed by atoms with Gasteiger partial charge in [0, 0.05) is 38.9 Å². The lowest BCUT2D eigenvalue weighted by atomic mass is 10.0. The Morgan fingerprint density at radius 3 is 1.42 bits per heavy atom. The number of aliphatic carboxylic acids is 2. The normalized spacial score (nSPS) is 11.5. The number of hydrogen-bond donors (Lipinski definition) is 6. The third-order valence-corrected chi connectivity index (χ3v) is 9.61. The Morgan fingerprint density at radius 2 is 0.933 bits per heavy atom. The molecule has 1 aromatic carbocycles. The van der Waals surface area contributed by atoms with Gasteiger partial charge in [-0.3, -0.25) is 24.0 Å². The third-order valence-electron chi connectivity index (χ3n) is 9.61. The van der Waals surface area contributed by atoms with Crippen LogP contribution in [0.1, 0.15) is 134 Å². The van der Waals surface area contributed by atoms with Crippen molar-refractivity contribution in [2.45, 2.75) is 142 Å². The number of nitrogens with one attached hydrogen (secondary N) is 4. The maximum Gasteiger partial charge on any atom is 0.326 e. The summed E-state index contributed by atoms with van der Waals surface area (Å²) in [5.41, 5.74) is 2.27. The highest BCUT2D eigenvalue weighted by Crippen LogP contribution is 2.14. The van der Waals surface area contributed by atoms with Gasteiger partial charge in [0.05, 0.1) is 39.6 Å². The molecule has 0 aromatic heterocycles. The number of amides is 4. The van der Waals surface area contributed by atoms with Gasteiger partial charge in [-0.25, -0.2) is 4.79 Å². The summed E-state index contributed by atoms with van der Waals surface area (Å²) in [6.07, 6.45) is 16.5. The van der Waals surface area contributed by atoms with Crippen molar-refractivity contribution in [3.63, 3.8) is 0 Å². The molecular formula is C44H74N4O12. The highest BCUT2D eigenvalue weighted by Gasteiger charge is 2.20. The number of unbranched alkanes of at least 4 members (excludes halogenated alkanes) is 13. The molecule has 0 unspecified atom stereocenters. The Labute approximate surface area is 357 Å². The van der Waals surface area contributed by atoms with Crippen LogP contribution in [0.2, 0.25) is 0 Å². The van der Waals surface area contributed by atoms with Crippen molar-refractivity contribution in [1.82, 2.24) is 21.3 Å². The second-order valence-corrected chi connectivity index (χ2v) is 14.8. The van der Waals surface area contributed by atoms with E-state index in [2.05, 4.69) is 28.2 Å². The second kappa shape index (κ2) is 37.8. The fourth-order valence-electron chi connectivity index (χ4n) is 6.06. The molecule has 6 N–H and O–H groups in total. The standard InChI is InChI=1S/C44H74N4O12/c1-2-36-19-21-37(22-20-36)33-47-42(52)35-60-32-30-58-28-26-46-41(51)34-59-31-29-57-27-25-45-39(49)24-23-38(44(55)56)48-40(50)17-15-13-11-9-7-5-3-4-6-8-10-12-14-16-18-43(53)54/h19-22,38H,2-18,23-35H2,1H3,(H,45,49)(H,46,51)(H,47,52)(H,48,50)(H,53,54)(H,55,56)/t38-/m0/s1. The van der Waals surface area contributed by atoms with E-state index in [4.69, 9.17) is 24.1 Å². The summed E-state index contributed by atoms with van der Waals surface area (Å²) in [4.78, 5) is 70.5. The average Bonchev–Trinajstić information content (AvgIpc) is 3.23. The van der Waals surface area contributed by atoms with Crippen LogP contribution in [0.15, 0.2) is 24.3 Å². The lowest BCUT2D eigenvalue weighted by Crippen LogP contribution is -2.41. The molecule has 0 spiro atoms. The first-order chi connectivity index (χ1) is 29.1. The van der Waals surface area contributed by atoms with E-state index in [0.717, 1.165) is 50.5 Å². The number of hydrogen-bond acceptors (Lipinski definition) is 10. The molecule has 0 radical (unpaired) electrons. The van der Waals surface area contributed by atoms with Crippen molar-refractivity contribution >= 4 is 35.6 Å². The Kier molecular flexibility index (Phi) is 34.0. The van der Waals surface area contributed by atoms with Crippen molar-refractivity contribution in [2.24, 2.45) is 0 Å². The lowest BCUT2D eigenvalue weighted by molar-refractivity contribution is -0.142. The molecule has 1 rings (SSSR count). The van der Waals surface area contributed by atoms with Crippen molar-refractivity contribution in [3.05, 3.63) is 35.4 Å². The number of rotatable bonds is 41. The largest absolute Gasteiger partial charge is 0.481 e. The Balaban J connectivity index is 1.91. The SMILES string of the molecule is CCc1ccc(CNC(=O)COCCOCCNC(=O)COCCOCCNC(=O)CC[C@H](NC(=O)CCCCCCCCCCCCCCCCC(=O)O)C(=O)O)cc1. The number of aryl methyl sites for hydroxylation is 1. The first-order valence-electron chi connectivity index (χ1n) is 22.0. The Morgan fingerprint density at radius 1 is 0.500 bits per heavy atom. The molecule has 16 heteroatoms. The van der Waals surface area contributed by atoms with Crippen molar-refractivity contribution in [2.75, 3.05) is 65.9 Å². The van der Waals surface area contributed by atoms with E-state index < -0.39 is 18.0 Å². The molecule has 16 nitrogen and oxygen atoms in total. The molecule has 0 fully saturated rings. The van der Waals surface area contributed by atoms with Gasteiger partial charge in [-0.05, 0) is 36.8 Å². The fraction of sp³-hybridized carbons (Fsp3) is 0.727. The van der Waals surface area contributed by atoms with Crippen LogP contribution in [0.5, 0.6) is 0 Å². The number of benzene rings is 1. The Hall–Kier alpha value is -4.12. The zero-order valence-electron chi connectivity index (χ0n) is 36.1. The van der Waals surface area contributed by atoms with Crippen molar-refractivity contribution in [3.8, 4) is 0 Å². The molecule has 60 heavy (non-hydrogen) atoms. The van der Waals surface area contributed by atoms with Gasteiger partial charge in [0.2, 0.25) is 23.6 Å². The molecule has 0 aliphatic heterocycles. The van der Waals surface area contributed by atoms with Crippen LogP contribution >= 0.6 is 0 Å². The summed E-state index contributed by atoms with van der Waals surface area (Å²) < 4.78 is 21.4. The minimum Gasteiger partial charge on any atom is -0.481 e. The number of ether oxygens (including phenoxy) is 4. The summed E-state index contributed by atoms with van der Waals surface area (Å²) in [5.74, 6) is -3.08. The van der Waals surface area contributed by atoms with Gasteiger partial charge in [-0.15, -0.1) is 0 Å². The van der Waals surface area contributed by atoms with Crippen LogP contribution in [0.25, 0.3) is 0 Å². The summed E-state index contributed by atoms with van der Waals surface area (Å²) in [6.45, 7) is 4.24. The smallest absolute Gasteiger partial charge is 0.326 e. The number of carboxylic acid groups (broad SMARTS) is 2. The number of carbonyl (C=O) groups excluding carboxylic acids is 4. The second-order valence-electron chi connectivity index (χ2n) is 14.8. The van der Waals surface area contributed by atoms with E-state index in [1.165, 1.54) is 50.5 Å². The number of carbonyl (C=O) groups is 6. The van der Waals surface area contributed by atoms with Gasteiger partial charge in [-0.2, -0.15) is 0 Å². The van der Waals surface area contributed by atoms with Crippen LogP contribution < -0.4 is 21.3 Å². The topological polar surface area (TPSA) is 228 Å². The van der Waals surface area contributed by atoms with E-state index >= 15 is 0 Å². The van der Waals surface area contributed by atoms with Gasteiger partial charge in [0.25, 0.3) is 0 Å². The zero-order chi connectivity index (χ0) is 43.9. The summed E-state index contributed by atoms with van der Waals surface area (Å²) >= 11 is 0. The van der Waals surface area contributed by atoms with Crippen LogP contribution in [0, 0.1) is 0 Å². The molecule has 1 aromatic rings. The molecule has 4 amide bonds. The van der Waals surface area contributed by atoms with Crippen LogP contribution in [0.3, 0.4) is 0 Å². The van der Waals surface area contributed by atoms with E-state index in [-0.39, 0.29) is 109 Å². The van der Waals surface area contributed by atoms with Crippen LogP contribution in [0.4, 0.5) is 0 Å². The predicted molar refractivity (Wildman–Crippen MR) is 227 cm³/mol. The first-order valence-corrected chi connectivity index (χ1v) is 22.0. The van der Waals surface area contributed by atoms with Gasteiger partial charge in [0.15, 0.2) is 0 Å². The number of carboxylic acids is 2. The monoisotopic (exact) mass is 851 g/mol. The molecule has 342 valence electrons. The van der Waals surface area contributed by atoms with E-state index in [9.17, 15) is 33.9 Å². The first kappa shape index (κ1) is 53.9. The summed E-state index contributed by atoms with van der Waals surface area (Å²) in [6, 6.07) is 6.94. The van der Waals surface area contributed by atoms with Crippen LogP contribution in [-0.4, -0.2) is 118 Å². The molecule has 0 bridgehead atoms. The van der Waals surface area contributed by atoms with Gasteiger partial charge >= 0.3 is 11.9 Å². The molecule has 0 heterocycles. The van der Waals surface area contributed by atoms with E-state index in [1.807, 2.05) is 24.3 Å². The highest BCUT2D eigenvalue weighted by molar-refractivity contribution is 5.84. The third kappa shape index (κ3) is 33.7. The Bertz CT molecular complexity index is 1310. The fourth-order valence-corrected chi connectivity index (χ4v) is 6.06. The van der Waals surface area contributed by atoms with Gasteiger partial charge < -0.3 is 50.4 Å². The maximum absolute atomic E-state index is 12.3. The average molecular weight is 851 g/mol. The molecule has 1 atom stereocenters. The van der Waals surface area contributed by atoms with Crippen molar-refractivity contribution in [1.29, 1.82) is 0 Å². The van der Waals surface area contributed by atoms with E-state index in [0.29, 0.717) is 19.5 Å². The lowest BCUT2D eigenvalue weighted by Gasteiger charge is -2.14. The van der Waals surface area contributed by atoms with Crippen LogP contribution in [-0.2, 0) is 60.7 Å². The summed E-state index contributed by atoms with van der Waals surface area (Å²) in [7, 11) is 0. The summed E-state index contributed by atoms with van der Waals surface area (Å²) in [5, 5.41) is 28.8. The molecule has 0 aliphatic carbocycles. The zero-order valence-corrected chi connectivity index (χ0v) is 36.1. The van der Waals surface area contributed by atoms with Gasteiger partial charge in [0.1, 0.15) is 19.3 Å². The quantitative estimate of drug-likeness (QED) is 0.0487.